The largest absolute Gasteiger partial charge is 0.338 e. The van der Waals surface area contributed by atoms with Gasteiger partial charge in [0.1, 0.15) is 5.82 Å². The Kier molecular flexibility index (Phi) is 4.63. The van der Waals surface area contributed by atoms with Crippen molar-refractivity contribution in [2.24, 2.45) is 0 Å². The lowest BCUT2D eigenvalue weighted by molar-refractivity contribution is 0.195. The first-order valence-electron chi connectivity index (χ1n) is 7.73. The predicted molar refractivity (Wildman–Crippen MR) is 85.4 cm³/mol. The van der Waals surface area contributed by atoms with Crippen LogP contribution in [0.15, 0.2) is 42.7 Å². The lowest BCUT2D eigenvalue weighted by Gasteiger charge is -2.38. The molecule has 0 amide bonds. The molecule has 1 saturated heterocycles. The summed E-state index contributed by atoms with van der Waals surface area (Å²) in [6, 6.07) is 9.10. The van der Waals surface area contributed by atoms with E-state index in [0.717, 1.165) is 38.5 Å². The Morgan fingerprint density at radius 2 is 1.68 bits per heavy atom. The normalized spacial score (nSPS) is 17.5. The second-order valence-corrected chi connectivity index (χ2v) is 5.75. The average Bonchev–Trinajstić information content (AvgIpc) is 2.58. The number of piperazine rings is 1. The van der Waals surface area contributed by atoms with Crippen molar-refractivity contribution in [1.29, 1.82) is 0 Å². The number of nitrogens with zero attached hydrogens (tertiary/aromatic N) is 4. The molecule has 0 aliphatic carbocycles. The first-order chi connectivity index (χ1) is 10.7. The molecule has 0 unspecified atom stereocenters. The van der Waals surface area contributed by atoms with Crippen molar-refractivity contribution in [3.05, 3.63) is 54.1 Å². The van der Waals surface area contributed by atoms with Crippen molar-refractivity contribution in [3.8, 4) is 0 Å². The van der Waals surface area contributed by atoms with Gasteiger partial charge in [0, 0.05) is 44.6 Å². The fourth-order valence-corrected chi connectivity index (χ4v) is 2.91. The van der Waals surface area contributed by atoms with Crippen LogP contribution in [0.2, 0.25) is 0 Å². The molecule has 0 radical (unpaired) electrons. The minimum atomic E-state index is -0.173. The van der Waals surface area contributed by atoms with E-state index in [9.17, 15) is 4.39 Å². The summed E-state index contributed by atoms with van der Waals surface area (Å²) in [6.07, 6.45) is 4.51. The number of hydrogen-bond donors (Lipinski definition) is 0. The summed E-state index contributed by atoms with van der Waals surface area (Å²) < 4.78 is 13.0. The van der Waals surface area contributed by atoms with Crippen molar-refractivity contribution in [3.63, 3.8) is 0 Å². The Bertz CT molecular complexity index is 579. The number of hydrogen-bond acceptors (Lipinski definition) is 4. The lowest BCUT2D eigenvalue weighted by atomic mass is 10.1. The van der Waals surface area contributed by atoms with E-state index in [0.29, 0.717) is 6.04 Å². The maximum atomic E-state index is 13.0. The van der Waals surface area contributed by atoms with Crippen LogP contribution in [-0.4, -0.2) is 47.1 Å². The van der Waals surface area contributed by atoms with Crippen LogP contribution in [0.3, 0.4) is 0 Å². The van der Waals surface area contributed by atoms with E-state index in [4.69, 9.17) is 0 Å². The first-order valence-corrected chi connectivity index (χ1v) is 7.73. The van der Waals surface area contributed by atoms with Gasteiger partial charge in [0.25, 0.3) is 0 Å². The molecule has 1 aliphatic heterocycles. The van der Waals surface area contributed by atoms with E-state index < -0.39 is 0 Å². The summed E-state index contributed by atoms with van der Waals surface area (Å²) in [5, 5.41) is 0. The number of anilines is 1. The molecule has 0 N–H and O–H groups in total. The monoisotopic (exact) mass is 300 g/mol. The smallest absolute Gasteiger partial charge is 0.225 e. The summed E-state index contributed by atoms with van der Waals surface area (Å²) in [7, 11) is 0. The first kappa shape index (κ1) is 14.9. The van der Waals surface area contributed by atoms with E-state index in [1.807, 2.05) is 18.2 Å². The molecule has 0 saturated carbocycles. The third kappa shape index (κ3) is 3.60. The van der Waals surface area contributed by atoms with Crippen molar-refractivity contribution < 1.29 is 4.39 Å². The molecular formula is C17H21FN4. The Balaban J connectivity index is 1.53. The van der Waals surface area contributed by atoms with Crippen LogP contribution in [-0.2, 0) is 6.42 Å². The summed E-state index contributed by atoms with van der Waals surface area (Å²) >= 11 is 0. The molecule has 0 bridgehead atoms. The van der Waals surface area contributed by atoms with Gasteiger partial charge in [0.2, 0.25) is 5.95 Å². The highest BCUT2D eigenvalue weighted by molar-refractivity contribution is 5.29. The highest BCUT2D eigenvalue weighted by Gasteiger charge is 2.22. The van der Waals surface area contributed by atoms with Crippen molar-refractivity contribution in [1.82, 2.24) is 14.9 Å². The van der Waals surface area contributed by atoms with Crippen LogP contribution in [0.5, 0.6) is 0 Å². The molecule has 0 spiro atoms. The van der Waals surface area contributed by atoms with Gasteiger partial charge in [-0.1, -0.05) is 12.1 Å². The van der Waals surface area contributed by atoms with Crippen LogP contribution < -0.4 is 4.90 Å². The highest BCUT2D eigenvalue weighted by atomic mass is 19.1. The Hall–Kier alpha value is -2.01. The molecule has 4 nitrogen and oxygen atoms in total. The molecule has 1 atom stereocenters. The topological polar surface area (TPSA) is 32.3 Å². The van der Waals surface area contributed by atoms with Crippen molar-refractivity contribution >= 4 is 5.95 Å². The Morgan fingerprint density at radius 1 is 1.05 bits per heavy atom. The third-order valence-corrected chi connectivity index (χ3v) is 4.22. The zero-order valence-corrected chi connectivity index (χ0v) is 12.8. The number of benzene rings is 1. The van der Waals surface area contributed by atoms with Gasteiger partial charge in [-0.2, -0.15) is 0 Å². The van der Waals surface area contributed by atoms with Crippen LogP contribution in [0.1, 0.15) is 12.5 Å². The Labute approximate surface area is 130 Å². The second kappa shape index (κ2) is 6.83. The quantitative estimate of drug-likeness (QED) is 0.868. The van der Waals surface area contributed by atoms with E-state index >= 15 is 0 Å². The molecule has 1 aromatic carbocycles. The minimum absolute atomic E-state index is 0.173. The van der Waals surface area contributed by atoms with Crippen LogP contribution in [0, 0.1) is 5.82 Å². The maximum Gasteiger partial charge on any atom is 0.225 e. The van der Waals surface area contributed by atoms with Crippen LogP contribution in [0.25, 0.3) is 0 Å². The predicted octanol–water partition coefficient (Wildman–Crippen LogP) is 2.37. The fraction of sp³-hybridized carbons (Fsp3) is 0.412. The molecule has 22 heavy (non-hydrogen) atoms. The zero-order chi connectivity index (χ0) is 15.4. The zero-order valence-electron chi connectivity index (χ0n) is 12.8. The standard InChI is InChI=1S/C17H21FN4/c1-14(13-15-3-5-16(18)6-4-15)21-9-11-22(12-10-21)17-19-7-2-8-20-17/h2-8,14H,9-13H2,1H3/t14-/m0/s1. The van der Waals surface area contributed by atoms with E-state index in [1.54, 1.807) is 12.4 Å². The lowest BCUT2D eigenvalue weighted by Crippen LogP contribution is -2.50. The Morgan fingerprint density at radius 3 is 2.32 bits per heavy atom. The minimum Gasteiger partial charge on any atom is -0.338 e. The van der Waals surface area contributed by atoms with Crippen molar-refractivity contribution in [2.75, 3.05) is 31.1 Å². The van der Waals surface area contributed by atoms with Gasteiger partial charge in [-0.25, -0.2) is 14.4 Å². The SMILES string of the molecule is C[C@@H](Cc1ccc(F)cc1)N1CCN(c2ncccn2)CC1. The van der Waals surface area contributed by atoms with Crippen LogP contribution >= 0.6 is 0 Å². The third-order valence-electron chi connectivity index (χ3n) is 4.22. The molecule has 1 aromatic heterocycles. The number of aromatic nitrogens is 2. The maximum absolute atomic E-state index is 13.0. The number of rotatable bonds is 4. The molecular weight excluding hydrogens is 279 g/mol. The summed E-state index contributed by atoms with van der Waals surface area (Å²) in [5.41, 5.74) is 1.18. The van der Waals surface area contributed by atoms with Crippen molar-refractivity contribution in [2.45, 2.75) is 19.4 Å². The number of halogens is 1. The molecule has 5 heteroatoms. The van der Waals surface area contributed by atoms with Gasteiger partial charge in [0.15, 0.2) is 0 Å². The van der Waals surface area contributed by atoms with E-state index in [2.05, 4.69) is 26.7 Å². The van der Waals surface area contributed by atoms with E-state index in [-0.39, 0.29) is 5.82 Å². The molecule has 1 aliphatic rings. The summed E-state index contributed by atoms with van der Waals surface area (Å²) in [4.78, 5) is 13.3. The van der Waals surface area contributed by atoms with Gasteiger partial charge in [-0.15, -0.1) is 0 Å². The average molecular weight is 300 g/mol. The molecule has 116 valence electrons. The molecule has 2 aromatic rings. The van der Waals surface area contributed by atoms with Gasteiger partial charge in [0.05, 0.1) is 0 Å². The molecule has 3 rings (SSSR count). The van der Waals surface area contributed by atoms with Gasteiger partial charge >= 0.3 is 0 Å². The van der Waals surface area contributed by atoms with Gasteiger partial charge in [-0.05, 0) is 37.1 Å². The second-order valence-electron chi connectivity index (χ2n) is 5.75. The van der Waals surface area contributed by atoms with Crippen LogP contribution in [0.4, 0.5) is 10.3 Å². The molecule has 2 heterocycles. The molecule has 1 fully saturated rings. The summed E-state index contributed by atoms with van der Waals surface area (Å²) in [5.74, 6) is 0.640. The van der Waals surface area contributed by atoms with E-state index in [1.165, 1.54) is 17.7 Å². The summed E-state index contributed by atoms with van der Waals surface area (Å²) in [6.45, 7) is 6.12. The fourth-order valence-electron chi connectivity index (χ4n) is 2.91. The highest BCUT2D eigenvalue weighted by Crippen LogP contribution is 2.15. The van der Waals surface area contributed by atoms with Gasteiger partial charge < -0.3 is 4.90 Å². The van der Waals surface area contributed by atoms with Gasteiger partial charge in [-0.3, -0.25) is 4.90 Å².